The Kier molecular flexibility index (Phi) is 6.98. The van der Waals surface area contributed by atoms with Crippen LogP contribution in [-0.4, -0.2) is 41.2 Å². The molecule has 7 rings (SSSR count). The number of rotatable bonds is 8. The lowest BCUT2D eigenvalue weighted by Gasteiger charge is -2.45. The average Bonchev–Trinajstić information content (AvgIpc) is 3.24. The third kappa shape index (κ3) is 4.53. The number of carbonyl (C=O) groups is 4. The van der Waals surface area contributed by atoms with Crippen LogP contribution < -0.4 is 5.32 Å². The van der Waals surface area contributed by atoms with Crippen molar-refractivity contribution >= 4 is 23.7 Å². The van der Waals surface area contributed by atoms with Crippen LogP contribution >= 0.6 is 0 Å². The first-order valence-electron chi connectivity index (χ1n) is 14.3. The van der Waals surface area contributed by atoms with Gasteiger partial charge in [-0.05, 0) is 47.1 Å². The Morgan fingerprint density at radius 2 is 1.22 bits per heavy atom. The molecule has 41 heavy (non-hydrogen) atoms. The van der Waals surface area contributed by atoms with Gasteiger partial charge in [-0.3, -0.25) is 19.3 Å². The van der Waals surface area contributed by atoms with Crippen LogP contribution in [0.3, 0.4) is 0 Å². The van der Waals surface area contributed by atoms with Crippen LogP contribution in [0.4, 0.5) is 0 Å². The maximum atomic E-state index is 14.1. The summed E-state index contributed by atoms with van der Waals surface area (Å²) in [6, 6.07) is 24.2. The second kappa shape index (κ2) is 10.6. The van der Waals surface area contributed by atoms with Crippen molar-refractivity contribution in [1.82, 2.24) is 10.2 Å². The van der Waals surface area contributed by atoms with Crippen molar-refractivity contribution in [1.29, 1.82) is 0 Å². The van der Waals surface area contributed by atoms with Gasteiger partial charge in [0.15, 0.2) is 6.61 Å². The van der Waals surface area contributed by atoms with Gasteiger partial charge in [0, 0.05) is 11.8 Å². The van der Waals surface area contributed by atoms with Crippen LogP contribution in [0, 0.1) is 17.8 Å². The van der Waals surface area contributed by atoms with Crippen molar-refractivity contribution in [2.75, 3.05) is 6.61 Å². The number of hydrogen-bond acceptors (Lipinski definition) is 5. The van der Waals surface area contributed by atoms with Crippen LogP contribution in [0.25, 0.3) is 0 Å². The van der Waals surface area contributed by atoms with E-state index in [9.17, 15) is 19.2 Å². The minimum Gasteiger partial charge on any atom is -0.454 e. The number of imide groups is 1. The molecule has 0 unspecified atom stereocenters. The Morgan fingerprint density at radius 3 is 1.68 bits per heavy atom. The molecule has 0 radical (unpaired) electrons. The van der Waals surface area contributed by atoms with Crippen LogP contribution in [-0.2, 0) is 23.9 Å². The number of nitrogens with zero attached hydrogens (tertiary/aromatic N) is 1. The van der Waals surface area contributed by atoms with E-state index in [1.165, 1.54) is 4.90 Å². The highest BCUT2D eigenvalue weighted by Gasteiger charge is 2.63. The molecule has 210 valence electrons. The molecule has 1 aliphatic heterocycles. The van der Waals surface area contributed by atoms with Crippen LogP contribution in [0.2, 0.25) is 0 Å². The summed E-state index contributed by atoms with van der Waals surface area (Å²) in [5.74, 6) is -3.48. The Hall–Kier alpha value is -4.26. The molecule has 0 aromatic heterocycles. The van der Waals surface area contributed by atoms with Gasteiger partial charge < -0.3 is 10.1 Å². The molecule has 0 saturated carbocycles. The predicted octanol–water partition coefficient (Wildman–Crippen LogP) is 4.71. The van der Waals surface area contributed by atoms with E-state index in [1.54, 1.807) is 0 Å². The summed E-state index contributed by atoms with van der Waals surface area (Å²) < 4.78 is 5.46. The SMILES string of the molecule is CC(C)C[C@H](C(=O)OCC(=O)N[C@@H](C)c1ccccc1)N1C(=O)[C@@H]2C3c4ccccc4C(c4ccccc43)[C@@H]2C1=O. The quantitative estimate of drug-likeness (QED) is 0.324. The maximum absolute atomic E-state index is 14.1. The molecule has 1 saturated heterocycles. The van der Waals surface area contributed by atoms with Crippen LogP contribution in [0.1, 0.15) is 72.9 Å². The fourth-order valence-electron chi connectivity index (χ4n) is 7.10. The third-order valence-electron chi connectivity index (χ3n) is 8.78. The standard InChI is InChI=1S/C34H34N2O5/c1-19(2)17-26(34(40)41-18-27(37)35-20(3)21-11-5-4-6-12-21)36-32(38)30-28-22-13-7-8-14-23(22)29(31(30)33(36)39)25-16-10-9-15-24(25)28/h4-16,19-20,26,28-31H,17-18H2,1-3H3,(H,35,37)/t20-,26+,28?,29?,30-,31+/m0/s1. The Bertz CT molecular complexity index is 1400. The number of benzene rings is 3. The molecule has 3 aromatic rings. The zero-order valence-corrected chi connectivity index (χ0v) is 23.4. The fraction of sp³-hybridized carbons (Fsp3) is 0.353. The summed E-state index contributed by atoms with van der Waals surface area (Å²) in [4.78, 5) is 55.6. The second-order valence-corrected chi connectivity index (χ2v) is 11.8. The molecule has 1 fully saturated rings. The monoisotopic (exact) mass is 550 g/mol. The van der Waals surface area contributed by atoms with Gasteiger partial charge in [-0.2, -0.15) is 0 Å². The first kappa shape index (κ1) is 26.9. The van der Waals surface area contributed by atoms with E-state index in [0.29, 0.717) is 0 Å². The number of ether oxygens (including phenoxy) is 1. The van der Waals surface area contributed by atoms with Gasteiger partial charge in [0.2, 0.25) is 11.8 Å². The summed E-state index contributed by atoms with van der Waals surface area (Å²) in [6.07, 6.45) is 0.257. The lowest BCUT2D eigenvalue weighted by molar-refractivity contribution is -0.161. The summed E-state index contributed by atoms with van der Waals surface area (Å²) in [6.45, 7) is 5.23. The molecule has 0 spiro atoms. The Balaban J connectivity index is 1.25. The van der Waals surface area contributed by atoms with Crippen molar-refractivity contribution in [2.24, 2.45) is 17.8 Å². The molecule has 4 atom stereocenters. The summed E-state index contributed by atoms with van der Waals surface area (Å²) in [7, 11) is 0. The minimum atomic E-state index is -1.09. The summed E-state index contributed by atoms with van der Waals surface area (Å²) in [5, 5.41) is 2.84. The largest absolute Gasteiger partial charge is 0.454 e. The highest BCUT2D eigenvalue weighted by Crippen LogP contribution is 2.61. The van der Waals surface area contributed by atoms with E-state index in [1.807, 2.05) is 75.4 Å². The zero-order valence-electron chi connectivity index (χ0n) is 23.4. The maximum Gasteiger partial charge on any atom is 0.329 e. The lowest BCUT2D eigenvalue weighted by atomic mass is 9.55. The molecule has 4 aliphatic rings. The number of esters is 1. The summed E-state index contributed by atoms with van der Waals surface area (Å²) >= 11 is 0. The smallest absolute Gasteiger partial charge is 0.329 e. The van der Waals surface area contributed by atoms with Crippen LogP contribution in [0.15, 0.2) is 78.9 Å². The number of hydrogen-bond donors (Lipinski definition) is 1. The Labute approximate surface area is 239 Å². The van der Waals surface area contributed by atoms with E-state index in [-0.39, 0.29) is 42.0 Å². The van der Waals surface area contributed by atoms with E-state index >= 15 is 0 Å². The van der Waals surface area contributed by atoms with Gasteiger partial charge >= 0.3 is 5.97 Å². The third-order valence-corrected chi connectivity index (χ3v) is 8.78. The highest BCUT2D eigenvalue weighted by atomic mass is 16.5. The molecule has 2 bridgehead atoms. The van der Waals surface area contributed by atoms with E-state index in [0.717, 1.165) is 27.8 Å². The number of likely N-dealkylation sites (tertiary alicyclic amines) is 1. The topological polar surface area (TPSA) is 92.8 Å². The molecule has 1 heterocycles. The first-order valence-corrected chi connectivity index (χ1v) is 14.3. The molecule has 3 amide bonds. The van der Waals surface area contributed by atoms with Gasteiger partial charge in [0.25, 0.3) is 5.91 Å². The first-order chi connectivity index (χ1) is 19.8. The number of nitrogens with one attached hydrogen (secondary N) is 1. The number of carbonyl (C=O) groups excluding carboxylic acids is 4. The van der Waals surface area contributed by atoms with Gasteiger partial charge in [0.05, 0.1) is 17.9 Å². The molecule has 7 nitrogen and oxygen atoms in total. The van der Waals surface area contributed by atoms with Crippen molar-refractivity contribution in [3.05, 3.63) is 107 Å². The normalized spacial score (nSPS) is 23.5. The molecular weight excluding hydrogens is 516 g/mol. The molecular formula is C34H34N2O5. The molecule has 1 N–H and O–H groups in total. The van der Waals surface area contributed by atoms with Gasteiger partial charge in [0.1, 0.15) is 6.04 Å². The highest BCUT2D eigenvalue weighted by molar-refractivity contribution is 6.10. The number of amides is 3. The molecule has 7 heteroatoms. The fourth-order valence-corrected chi connectivity index (χ4v) is 7.10. The van der Waals surface area contributed by atoms with Crippen molar-refractivity contribution in [3.8, 4) is 0 Å². The predicted molar refractivity (Wildman–Crippen MR) is 153 cm³/mol. The molecule has 3 aromatic carbocycles. The second-order valence-electron chi connectivity index (χ2n) is 11.8. The minimum absolute atomic E-state index is 0.00817. The van der Waals surface area contributed by atoms with Crippen molar-refractivity contribution < 1.29 is 23.9 Å². The lowest BCUT2D eigenvalue weighted by Crippen LogP contribution is -2.47. The van der Waals surface area contributed by atoms with Crippen LogP contribution in [0.5, 0.6) is 0 Å². The van der Waals surface area contributed by atoms with Crippen molar-refractivity contribution in [3.63, 3.8) is 0 Å². The van der Waals surface area contributed by atoms with E-state index < -0.39 is 36.4 Å². The molecule has 3 aliphatic carbocycles. The average molecular weight is 551 g/mol. The van der Waals surface area contributed by atoms with E-state index in [2.05, 4.69) is 29.6 Å². The van der Waals surface area contributed by atoms with Crippen molar-refractivity contribution in [2.45, 2.75) is 51.1 Å². The zero-order chi connectivity index (χ0) is 28.8. The van der Waals surface area contributed by atoms with E-state index in [4.69, 9.17) is 4.74 Å². The Morgan fingerprint density at radius 1 is 0.756 bits per heavy atom. The summed E-state index contributed by atoms with van der Waals surface area (Å²) in [5.41, 5.74) is 5.23. The van der Waals surface area contributed by atoms with Gasteiger partial charge in [-0.15, -0.1) is 0 Å². The van der Waals surface area contributed by atoms with Gasteiger partial charge in [-0.1, -0.05) is 92.7 Å². The van der Waals surface area contributed by atoms with Gasteiger partial charge in [-0.25, -0.2) is 4.79 Å².